The smallest absolute Gasteiger partial charge is 0.227 e. The lowest BCUT2D eigenvalue weighted by atomic mass is 10.0. The lowest BCUT2D eigenvalue weighted by molar-refractivity contribution is 0.619. The molecule has 0 unspecified atom stereocenters. The molecule has 0 amide bonds. The van der Waals surface area contributed by atoms with Crippen molar-refractivity contribution < 1.29 is 8.83 Å². The zero-order valence-corrected chi connectivity index (χ0v) is 20.8. The Morgan fingerprint density at radius 2 is 1.21 bits per heavy atom. The molecular formula is C35H20N2O2. The van der Waals surface area contributed by atoms with Crippen LogP contribution in [0.2, 0.25) is 0 Å². The van der Waals surface area contributed by atoms with E-state index in [9.17, 15) is 0 Å². The standard InChI is InChI=1S/C35H20N2O2/c1-2-10-23-21(9-1)19-32-33(34(23)37-28-14-6-3-11-24(28)25-12-4-7-15-29(25)37)26-18-17-22(20-31(26)38-32)35-36-27-13-5-8-16-30(27)39-35/h1-20H. The Morgan fingerprint density at radius 3 is 2.00 bits per heavy atom. The van der Waals surface area contributed by atoms with Crippen molar-refractivity contribution in [2.75, 3.05) is 0 Å². The molecule has 4 heteroatoms. The van der Waals surface area contributed by atoms with E-state index >= 15 is 0 Å². The van der Waals surface area contributed by atoms with E-state index in [4.69, 9.17) is 13.8 Å². The quantitative estimate of drug-likeness (QED) is 0.237. The van der Waals surface area contributed by atoms with E-state index < -0.39 is 0 Å². The zero-order chi connectivity index (χ0) is 25.5. The van der Waals surface area contributed by atoms with Crippen LogP contribution >= 0.6 is 0 Å². The van der Waals surface area contributed by atoms with Gasteiger partial charge in [0.25, 0.3) is 0 Å². The van der Waals surface area contributed by atoms with E-state index in [1.807, 2.05) is 30.3 Å². The Balaban J connectivity index is 1.41. The molecule has 9 aromatic rings. The number of rotatable bonds is 2. The van der Waals surface area contributed by atoms with Crippen molar-refractivity contribution in [3.8, 4) is 17.1 Å². The summed E-state index contributed by atoms with van der Waals surface area (Å²) in [4.78, 5) is 4.70. The van der Waals surface area contributed by atoms with Gasteiger partial charge in [-0.3, -0.25) is 0 Å². The van der Waals surface area contributed by atoms with Crippen LogP contribution in [0.25, 0.3) is 82.8 Å². The van der Waals surface area contributed by atoms with Gasteiger partial charge < -0.3 is 13.4 Å². The van der Waals surface area contributed by atoms with Crippen molar-refractivity contribution in [1.82, 2.24) is 9.55 Å². The zero-order valence-electron chi connectivity index (χ0n) is 20.8. The van der Waals surface area contributed by atoms with E-state index in [0.717, 1.165) is 49.7 Å². The van der Waals surface area contributed by atoms with Gasteiger partial charge in [-0.05, 0) is 53.9 Å². The Morgan fingerprint density at radius 1 is 0.513 bits per heavy atom. The van der Waals surface area contributed by atoms with Crippen LogP contribution in [0.4, 0.5) is 0 Å². The summed E-state index contributed by atoms with van der Waals surface area (Å²) in [6.45, 7) is 0. The average Bonchev–Trinajstić information content (AvgIpc) is 3.67. The first-order valence-electron chi connectivity index (χ1n) is 13.1. The molecule has 0 saturated heterocycles. The SMILES string of the molecule is c1ccc2c(-n3c4ccccc4c4ccccc43)c3c(cc2c1)oc1cc(-c2nc4ccccc4o2)ccc13. The first kappa shape index (κ1) is 20.7. The van der Waals surface area contributed by atoms with E-state index in [2.05, 4.69) is 95.6 Å². The Kier molecular flexibility index (Phi) is 4.02. The second kappa shape index (κ2) is 7.59. The molecule has 39 heavy (non-hydrogen) atoms. The minimum Gasteiger partial charge on any atom is -0.456 e. The monoisotopic (exact) mass is 500 g/mol. The van der Waals surface area contributed by atoms with Crippen LogP contribution in [-0.4, -0.2) is 9.55 Å². The van der Waals surface area contributed by atoms with Gasteiger partial charge in [-0.2, -0.15) is 0 Å². The number of nitrogens with zero attached hydrogens (tertiary/aromatic N) is 2. The summed E-state index contributed by atoms with van der Waals surface area (Å²) in [5, 5.41) is 6.95. The van der Waals surface area contributed by atoms with Crippen molar-refractivity contribution >= 4 is 65.6 Å². The molecule has 9 rings (SSSR count). The Hall–Kier alpha value is -5.35. The lowest BCUT2D eigenvalue weighted by Gasteiger charge is -2.13. The average molecular weight is 501 g/mol. The summed E-state index contributed by atoms with van der Waals surface area (Å²) < 4.78 is 15.0. The van der Waals surface area contributed by atoms with Crippen molar-refractivity contribution in [2.45, 2.75) is 0 Å². The van der Waals surface area contributed by atoms with E-state index in [0.29, 0.717) is 5.89 Å². The maximum absolute atomic E-state index is 6.58. The van der Waals surface area contributed by atoms with Gasteiger partial charge in [0.1, 0.15) is 16.7 Å². The second-order valence-corrected chi connectivity index (χ2v) is 9.99. The summed E-state index contributed by atoms with van der Waals surface area (Å²) in [5.74, 6) is 0.589. The third-order valence-corrected chi connectivity index (χ3v) is 7.80. The van der Waals surface area contributed by atoms with Gasteiger partial charge in [-0.1, -0.05) is 72.8 Å². The molecule has 0 saturated carbocycles. The first-order valence-corrected chi connectivity index (χ1v) is 13.1. The summed E-state index contributed by atoms with van der Waals surface area (Å²) in [6, 6.07) is 42.1. The first-order chi connectivity index (χ1) is 19.3. The molecule has 0 atom stereocenters. The summed E-state index contributed by atoms with van der Waals surface area (Å²) >= 11 is 0. The number of fused-ring (bicyclic) bond motifs is 8. The highest BCUT2D eigenvalue weighted by molar-refractivity contribution is 6.20. The number of para-hydroxylation sites is 4. The third-order valence-electron chi connectivity index (χ3n) is 7.80. The molecular weight excluding hydrogens is 480 g/mol. The third kappa shape index (κ3) is 2.85. The van der Waals surface area contributed by atoms with Crippen molar-refractivity contribution in [3.05, 3.63) is 121 Å². The molecule has 0 radical (unpaired) electrons. The molecule has 0 bridgehead atoms. The predicted octanol–water partition coefficient (Wildman–Crippen LogP) is 9.64. The number of hydrogen-bond donors (Lipinski definition) is 0. The highest BCUT2D eigenvalue weighted by Crippen LogP contribution is 2.43. The highest BCUT2D eigenvalue weighted by Gasteiger charge is 2.21. The molecule has 0 spiro atoms. The number of aromatic nitrogens is 2. The van der Waals surface area contributed by atoms with Gasteiger partial charge in [0.2, 0.25) is 5.89 Å². The largest absolute Gasteiger partial charge is 0.456 e. The van der Waals surface area contributed by atoms with Crippen molar-refractivity contribution in [1.29, 1.82) is 0 Å². The van der Waals surface area contributed by atoms with Crippen molar-refractivity contribution in [3.63, 3.8) is 0 Å². The second-order valence-electron chi connectivity index (χ2n) is 9.99. The molecule has 0 aliphatic heterocycles. The van der Waals surface area contributed by atoms with Gasteiger partial charge in [0.15, 0.2) is 5.58 Å². The molecule has 6 aromatic carbocycles. The van der Waals surface area contributed by atoms with Crippen LogP contribution in [0.5, 0.6) is 0 Å². The number of hydrogen-bond acceptors (Lipinski definition) is 3. The van der Waals surface area contributed by atoms with Crippen LogP contribution in [-0.2, 0) is 0 Å². The molecule has 0 fully saturated rings. The molecule has 4 nitrogen and oxygen atoms in total. The summed E-state index contributed by atoms with van der Waals surface area (Å²) in [5.41, 5.74) is 7.66. The minimum absolute atomic E-state index is 0.589. The van der Waals surface area contributed by atoms with Gasteiger partial charge in [0.05, 0.1) is 22.1 Å². The predicted molar refractivity (Wildman–Crippen MR) is 159 cm³/mol. The maximum Gasteiger partial charge on any atom is 0.227 e. The normalized spacial score (nSPS) is 12.1. The molecule has 0 N–H and O–H groups in total. The number of oxazole rings is 1. The fourth-order valence-electron chi connectivity index (χ4n) is 6.10. The van der Waals surface area contributed by atoms with Gasteiger partial charge in [-0.25, -0.2) is 4.98 Å². The van der Waals surface area contributed by atoms with Crippen LogP contribution in [0.3, 0.4) is 0 Å². The highest BCUT2D eigenvalue weighted by atomic mass is 16.3. The van der Waals surface area contributed by atoms with Crippen LogP contribution in [0.15, 0.2) is 130 Å². The molecule has 0 aliphatic carbocycles. The topological polar surface area (TPSA) is 44.1 Å². The Labute approximate surface area is 222 Å². The Bertz CT molecular complexity index is 2320. The van der Waals surface area contributed by atoms with E-state index in [1.165, 1.54) is 27.2 Å². The fraction of sp³-hybridized carbons (Fsp3) is 0. The van der Waals surface area contributed by atoms with Crippen molar-refractivity contribution in [2.24, 2.45) is 0 Å². The van der Waals surface area contributed by atoms with Gasteiger partial charge in [-0.15, -0.1) is 0 Å². The summed E-state index contributed by atoms with van der Waals surface area (Å²) in [7, 11) is 0. The van der Waals surface area contributed by atoms with E-state index in [-0.39, 0.29) is 0 Å². The molecule has 182 valence electrons. The minimum atomic E-state index is 0.589. The molecule has 3 aromatic heterocycles. The summed E-state index contributed by atoms with van der Waals surface area (Å²) in [6.07, 6.45) is 0. The molecule has 0 aliphatic rings. The fourth-order valence-corrected chi connectivity index (χ4v) is 6.10. The van der Waals surface area contributed by atoms with Gasteiger partial charge in [0, 0.05) is 27.1 Å². The van der Waals surface area contributed by atoms with Crippen LogP contribution in [0.1, 0.15) is 0 Å². The number of benzene rings is 6. The maximum atomic E-state index is 6.58. The lowest BCUT2D eigenvalue weighted by Crippen LogP contribution is -1.96. The van der Waals surface area contributed by atoms with Crippen LogP contribution < -0.4 is 0 Å². The van der Waals surface area contributed by atoms with Gasteiger partial charge >= 0.3 is 0 Å². The molecule has 3 heterocycles. The van der Waals surface area contributed by atoms with E-state index in [1.54, 1.807) is 0 Å². The number of furan rings is 1. The van der Waals surface area contributed by atoms with Crippen LogP contribution in [0, 0.1) is 0 Å².